The highest BCUT2D eigenvalue weighted by Gasteiger charge is 2.14. The van der Waals surface area contributed by atoms with E-state index in [4.69, 9.17) is 9.88 Å². The molecule has 0 radical (unpaired) electrons. The number of carbonyl (C=O) groups is 1. The summed E-state index contributed by atoms with van der Waals surface area (Å²) in [6.45, 7) is 10.6. The number of anilines is 2. The maximum Gasteiger partial charge on any atom is 0.272 e. The molecule has 10 heteroatoms. The normalized spacial score (nSPS) is 11.4. The van der Waals surface area contributed by atoms with Crippen LogP contribution in [-0.4, -0.2) is 44.7 Å². The molecule has 0 fully saturated rings. The minimum absolute atomic E-state index is 0.0275. The third kappa shape index (κ3) is 7.34. The van der Waals surface area contributed by atoms with Crippen LogP contribution in [-0.2, 0) is 11.0 Å². The fourth-order valence-corrected chi connectivity index (χ4v) is 4.14. The van der Waals surface area contributed by atoms with E-state index in [9.17, 15) is 9.00 Å². The second-order valence-corrected chi connectivity index (χ2v) is 9.37. The fraction of sp³-hybridized carbons (Fsp3) is 0.375. The van der Waals surface area contributed by atoms with Crippen LogP contribution in [0.2, 0.25) is 0 Å². The lowest BCUT2D eigenvalue weighted by atomic mass is 10.2. The van der Waals surface area contributed by atoms with E-state index in [1.165, 1.54) is 11.3 Å². The van der Waals surface area contributed by atoms with Crippen molar-refractivity contribution < 1.29 is 13.7 Å². The van der Waals surface area contributed by atoms with Crippen molar-refractivity contribution in [1.29, 1.82) is 0 Å². The summed E-state index contributed by atoms with van der Waals surface area (Å²) in [6.07, 6.45) is 2.51. The predicted octanol–water partition coefficient (Wildman–Crippen LogP) is 5.23. The molecular formula is C24H33N5O3S2. The molecule has 1 unspecified atom stereocenters. The largest absolute Gasteiger partial charge is 0.489 e. The molecule has 0 aliphatic carbocycles. The van der Waals surface area contributed by atoms with Gasteiger partial charge in [-0.15, -0.1) is 11.3 Å². The van der Waals surface area contributed by atoms with E-state index in [1.54, 1.807) is 42.4 Å². The van der Waals surface area contributed by atoms with Gasteiger partial charge in [-0.1, -0.05) is 20.8 Å². The van der Waals surface area contributed by atoms with Crippen LogP contribution in [0, 0.1) is 0 Å². The Bertz CT molecular complexity index is 1100. The summed E-state index contributed by atoms with van der Waals surface area (Å²) in [5, 5.41) is 11.3. The molecule has 1 atom stereocenters. The fourth-order valence-electron chi connectivity index (χ4n) is 2.97. The second-order valence-electron chi connectivity index (χ2n) is 7.44. The van der Waals surface area contributed by atoms with Crippen LogP contribution < -0.4 is 15.2 Å². The molecule has 1 amide bonds. The van der Waals surface area contributed by atoms with Gasteiger partial charge in [0.05, 0.1) is 22.4 Å². The number of nitrogens with two attached hydrogens (primary N) is 1. The average Bonchev–Trinajstić information content (AvgIpc) is 3.29. The smallest absolute Gasteiger partial charge is 0.272 e. The van der Waals surface area contributed by atoms with Crippen molar-refractivity contribution in [3.63, 3.8) is 0 Å². The molecule has 184 valence electrons. The zero-order valence-electron chi connectivity index (χ0n) is 20.5. The summed E-state index contributed by atoms with van der Waals surface area (Å²) in [5.74, 6) is 0.514. The highest BCUT2D eigenvalue weighted by atomic mass is 32.2. The van der Waals surface area contributed by atoms with E-state index in [2.05, 4.69) is 15.3 Å². The Balaban J connectivity index is 0.00000199. The van der Waals surface area contributed by atoms with Crippen LogP contribution in [0.5, 0.6) is 5.75 Å². The Kier molecular flexibility index (Phi) is 10.6. The van der Waals surface area contributed by atoms with Gasteiger partial charge in [-0.3, -0.25) is 9.78 Å². The van der Waals surface area contributed by atoms with E-state index in [0.717, 1.165) is 17.7 Å². The zero-order chi connectivity index (χ0) is 25.3. The number of nitrogens with zero attached hydrogens (tertiary/aromatic N) is 3. The van der Waals surface area contributed by atoms with Gasteiger partial charge in [-0.25, -0.2) is 14.3 Å². The summed E-state index contributed by atoms with van der Waals surface area (Å²) in [4.78, 5) is 23.4. The number of amides is 1. The van der Waals surface area contributed by atoms with E-state index < -0.39 is 11.0 Å². The molecule has 3 N–H and O–H groups in total. The van der Waals surface area contributed by atoms with Crippen molar-refractivity contribution in [3.05, 3.63) is 47.6 Å². The number of nitrogens with one attached hydrogen (secondary N) is 1. The van der Waals surface area contributed by atoms with Crippen molar-refractivity contribution in [2.24, 2.45) is 5.14 Å². The van der Waals surface area contributed by atoms with Crippen LogP contribution in [0.4, 0.5) is 10.8 Å². The number of benzene rings is 1. The first kappa shape index (κ1) is 27.4. The van der Waals surface area contributed by atoms with Crippen molar-refractivity contribution >= 4 is 39.0 Å². The lowest BCUT2D eigenvalue weighted by molar-refractivity contribution is 0.0789. The molecule has 34 heavy (non-hydrogen) atoms. The third-order valence-electron chi connectivity index (χ3n) is 4.48. The average molecular weight is 504 g/mol. The number of pyridine rings is 1. The van der Waals surface area contributed by atoms with Gasteiger partial charge in [0, 0.05) is 30.7 Å². The standard InChI is InChI=1S/C22H27N5O3S2.C2H6/c1-5-10-27(4)21(28)17-8-6-15(12-24-17)19-13-31-22(26-19)25-18-11-16(32(23)29)7-9-20(18)30-14(2)3;1-2/h6-9,11-14H,5,10,23H2,1-4H3,(H,25,26);1-2H3. The predicted molar refractivity (Wildman–Crippen MR) is 140 cm³/mol. The first-order chi connectivity index (χ1) is 16.3. The van der Waals surface area contributed by atoms with Gasteiger partial charge in [-0.05, 0) is 50.6 Å². The Morgan fingerprint density at radius 3 is 2.59 bits per heavy atom. The molecule has 0 saturated heterocycles. The van der Waals surface area contributed by atoms with Crippen LogP contribution in [0.3, 0.4) is 0 Å². The molecule has 3 aromatic rings. The van der Waals surface area contributed by atoms with Crippen LogP contribution in [0.1, 0.15) is 51.5 Å². The number of thiazole rings is 1. The highest BCUT2D eigenvalue weighted by molar-refractivity contribution is 7.82. The van der Waals surface area contributed by atoms with E-state index in [0.29, 0.717) is 33.7 Å². The Morgan fingerprint density at radius 2 is 2.00 bits per heavy atom. The number of ether oxygens (including phenoxy) is 1. The van der Waals surface area contributed by atoms with Crippen molar-refractivity contribution in [1.82, 2.24) is 14.9 Å². The van der Waals surface area contributed by atoms with E-state index in [-0.39, 0.29) is 12.0 Å². The minimum atomic E-state index is -1.61. The number of hydrogen-bond donors (Lipinski definition) is 2. The summed E-state index contributed by atoms with van der Waals surface area (Å²) in [5.41, 5.74) is 2.57. The highest BCUT2D eigenvalue weighted by Crippen LogP contribution is 2.33. The van der Waals surface area contributed by atoms with E-state index in [1.807, 2.05) is 46.1 Å². The molecule has 0 aliphatic rings. The molecule has 0 bridgehead atoms. The maximum absolute atomic E-state index is 12.4. The molecule has 0 spiro atoms. The summed E-state index contributed by atoms with van der Waals surface area (Å²) in [7, 11) is 0.164. The van der Waals surface area contributed by atoms with Gasteiger partial charge < -0.3 is 15.0 Å². The molecule has 3 rings (SSSR count). The first-order valence-corrected chi connectivity index (χ1v) is 13.3. The Hall–Kier alpha value is -2.82. The Labute approximate surface area is 208 Å². The summed E-state index contributed by atoms with van der Waals surface area (Å²) < 4.78 is 17.5. The molecule has 8 nitrogen and oxygen atoms in total. The third-order valence-corrected chi connectivity index (χ3v) is 5.95. The lowest BCUT2D eigenvalue weighted by Crippen LogP contribution is -2.28. The molecule has 1 aromatic carbocycles. The van der Waals surface area contributed by atoms with Gasteiger partial charge in [0.2, 0.25) is 0 Å². The number of carbonyl (C=O) groups excluding carboxylic acids is 1. The maximum atomic E-state index is 12.4. The second kappa shape index (κ2) is 13.2. The van der Waals surface area contributed by atoms with Crippen LogP contribution >= 0.6 is 11.3 Å². The van der Waals surface area contributed by atoms with Crippen LogP contribution in [0.25, 0.3) is 11.3 Å². The molecule has 2 aromatic heterocycles. The lowest BCUT2D eigenvalue weighted by Gasteiger charge is -2.15. The van der Waals surface area contributed by atoms with Gasteiger partial charge in [0.25, 0.3) is 5.91 Å². The van der Waals surface area contributed by atoms with Crippen molar-refractivity contribution in [3.8, 4) is 17.0 Å². The van der Waals surface area contributed by atoms with Crippen LogP contribution in [0.15, 0.2) is 46.8 Å². The Morgan fingerprint density at radius 1 is 1.26 bits per heavy atom. The van der Waals surface area contributed by atoms with Gasteiger partial charge >= 0.3 is 0 Å². The minimum Gasteiger partial charge on any atom is -0.489 e. The molecule has 0 saturated carbocycles. The first-order valence-electron chi connectivity index (χ1n) is 11.2. The van der Waals surface area contributed by atoms with E-state index >= 15 is 0 Å². The number of aromatic nitrogens is 2. The summed E-state index contributed by atoms with van der Waals surface area (Å²) in [6, 6.07) is 8.67. The SMILES string of the molecule is CC.CCCN(C)C(=O)c1ccc(-c2csc(Nc3cc(S(N)=O)ccc3OC(C)C)n2)cn1. The molecule has 0 aliphatic heterocycles. The van der Waals surface area contributed by atoms with Crippen molar-refractivity contribution in [2.75, 3.05) is 18.9 Å². The number of rotatable bonds is 9. The van der Waals surface area contributed by atoms with Gasteiger partial charge in [0.1, 0.15) is 22.4 Å². The molecular weight excluding hydrogens is 470 g/mol. The monoisotopic (exact) mass is 503 g/mol. The molecule has 2 heterocycles. The van der Waals surface area contributed by atoms with Crippen molar-refractivity contribution in [2.45, 2.75) is 52.0 Å². The van der Waals surface area contributed by atoms with Gasteiger partial charge in [0.15, 0.2) is 5.13 Å². The summed E-state index contributed by atoms with van der Waals surface area (Å²) >= 11 is 1.42. The topological polar surface area (TPSA) is 110 Å². The number of hydrogen-bond acceptors (Lipinski definition) is 7. The quantitative estimate of drug-likeness (QED) is 0.414. The van der Waals surface area contributed by atoms with Gasteiger partial charge in [-0.2, -0.15) is 0 Å². The zero-order valence-corrected chi connectivity index (χ0v) is 22.1.